The lowest BCUT2D eigenvalue weighted by atomic mass is 10.1. The SMILES string of the molecule is Cl.Cl.O=C(NCCN1CCNCC1)c1sc(-c2ccco2)nc1-c1ccccc1. The van der Waals surface area contributed by atoms with Gasteiger partial charge in [0, 0.05) is 44.8 Å². The minimum Gasteiger partial charge on any atom is -0.462 e. The first-order chi connectivity index (χ1) is 13.3. The maximum absolute atomic E-state index is 12.9. The Balaban J connectivity index is 0.00000150. The van der Waals surface area contributed by atoms with Crippen LogP contribution in [0.4, 0.5) is 0 Å². The van der Waals surface area contributed by atoms with Crippen molar-refractivity contribution in [2.75, 3.05) is 39.3 Å². The third-order valence-electron chi connectivity index (χ3n) is 4.54. The van der Waals surface area contributed by atoms with Gasteiger partial charge in [-0.25, -0.2) is 4.98 Å². The summed E-state index contributed by atoms with van der Waals surface area (Å²) in [6, 6.07) is 13.5. The lowest BCUT2D eigenvalue weighted by molar-refractivity contribution is 0.0951. The summed E-state index contributed by atoms with van der Waals surface area (Å²) >= 11 is 1.37. The molecule has 1 amide bonds. The number of hydrogen-bond donors (Lipinski definition) is 2. The van der Waals surface area contributed by atoms with E-state index in [1.807, 2.05) is 42.5 Å². The second-order valence-electron chi connectivity index (χ2n) is 6.39. The molecule has 1 fully saturated rings. The van der Waals surface area contributed by atoms with E-state index in [0.29, 0.717) is 27.9 Å². The molecule has 0 bridgehead atoms. The van der Waals surface area contributed by atoms with Crippen LogP contribution in [-0.2, 0) is 0 Å². The Morgan fingerprint density at radius 3 is 2.59 bits per heavy atom. The van der Waals surface area contributed by atoms with E-state index in [1.54, 1.807) is 6.26 Å². The van der Waals surface area contributed by atoms with Crippen molar-refractivity contribution >= 4 is 42.1 Å². The van der Waals surface area contributed by atoms with Crippen molar-refractivity contribution in [1.82, 2.24) is 20.5 Å². The van der Waals surface area contributed by atoms with Crippen molar-refractivity contribution in [2.24, 2.45) is 0 Å². The molecule has 3 heterocycles. The van der Waals surface area contributed by atoms with Gasteiger partial charge in [-0.3, -0.25) is 9.69 Å². The number of carbonyl (C=O) groups is 1. The smallest absolute Gasteiger partial charge is 0.263 e. The van der Waals surface area contributed by atoms with Crippen molar-refractivity contribution < 1.29 is 9.21 Å². The summed E-state index contributed by atoms with van der Waals surface area (Å²) in [7, 11) is 0. The molecule has 0 spiro atoms. The molecule has 2 N–H and O–H groups in total. The molecule has 0 radical (unpaired) electrons. The lowest BCUT2D eigenvalue weighted by Gasteiger charge is -2.27. The van der Waals surface area contributed by atoms with E-state index < -0.39 is 0 Å². The average molecular weight is 455 g/mol. The molecule has 1 aromatic carbocycles. The predicted molar refractivity (Wildman–Crippen MR) is 121 cm³/mol. The first-order valence-corrected chi connectivity index (χ1v) is 9.94. The van der Waals surface area contributed by atoms with Gasteiger partial charge >= 0.3 is 0 Å². The van der Waals surface area contributed by atoms with E-state index >= 15 is 0 Å². The second kappa shape index (κ2) is 11.3. The fraction of sp³-hybridized carbons (Fsp3) is 0.300. The highest BCUT2D eigenvalue weighted by Crippen LogP contribution is 2.34. The monoisotopic (exact) mass is 454 g/mol. The number of nitrogens with zero attached hydrogens (tertiary/aromatic N) is 2. The van der Waals surface area contributed by atoms with Crippen LogP contribution in [0.25, 0.3) is 22.0 Å². The Hall–Kier alpha value is -1.90. The van der Waals surface area contributed by atoms with Gasteiger partial charge in [0.25, 0.3) is 5.91 Å². The molecule has 2 aromatic heterocycles. The zero-order chi connectivity index (χ0) is 18.5. The summed E-state index contributed by atoms with van der Waals surface area (Å²) in [5.74, 6) is 0.594. The number of aromatic nitrogens is 1. The fourth-order valence-electron chi connectivity index (χ4n) is 3.11. The summed E-state index contributed by atoms with van der Waals surface area (Å²) in [5, 5.41) is 7.10. The standard InChI is InChI=1S/C20H22N4O2S.2ClH/c25-19(22-10-13-24-11-8-21-9-12-24)18-17(15-5-2-1-3-6-15)23-20(27-18)16-7-4-14-26-16;;/h1-7,14,21H,8-13H2,(H,22,25);2*1H. The molecule has 1 aliphatic heterocycles. The van der Waals surface area contributed by atoms with Crippen LogP contribution in [-0.4, -0.2) is 55.1 Å². The number of halogens is 2. The number of piperazine rings is 1. The fourth-order valence-corrected chi connectivity index (χ4v) is 4.09. The van der Waals surface area contributed by atoms with Crippen molar-refractivity contribution in [3.8, 4) is 22.0 Å². The first-order valence-electron chi connectivity index (χ1n) is 9.12. The van der Waals surface area contributed by atoms with Gasteiger partial charge in [-0.2, -0.15) is 0 Å². The largest absolute Gasteiger partial charge is 0.462 e. The molecule has 4 rings (SSSR count). The van der Waals surface area contributed by atoms with E-state index in [4.69, 9.17) is 4.42 Å². The lowest BCUT2D eigenvalue weighted by Crippen LogP contribution is -2.46. The Morgan fingerprint density at radius 2 is 1.90 bits per heavy atom. The van der Waals surface area contributed by atoms with E-state index in [1.165, 1.54) is 11.3 Å². The van der Waals surface area contributed by atoms with Crippen molar-refractivity contribution in [2.45, 2.75) is 0 Å². The molecule has 156 valence electrons. The van der Waals surface area contributed by atoms with Crippen molar-refractivity contribution in [1.29, 1.82) is 0 Å². The molecule has 1 saturated heterocycles. The predicted octanol–water partition coefficient (Wildman–Crippen LogP) is 3.55. The molecule has 0 saturated carbocycles. The van der Waals surface area contributed by atoms with Crippen molar-refractivity contribution in [3.63, 3.8) is 0 Å². The molecule has 1 aliphatic rings. The number of furan rings is 1. The summed E-state index contributed by atoms with van der Waals surface area (Å²) in [5.41, 5.74) is 1.63. The average Bonchev–Trinajstić information content (AvgIpc) is 3.39. The number of thiazole rings is 1. The summed E-state index contributed by atoms with van der Waals surface area (Å²) in [6.45, 7) is 5.54. The number of benzene rings is 1. The molecule has 0 aliphatic carbocycles. The van der Waals surface area contributed by atoms with Crippen LogP contribution >= 0.6 is 36.2 Å². The normalized spacial score (nSPS) is 13.9. The molecule has 0 atom stereocenters. The van der Waals surface area contributed by atoms with Crippen LogP contribution in [0, 0.1) is 0 Å². The molecule has 9 heteroatoms. The van der Waals surface area contributed by atoms with Gasteiger partial charge in [0.05, 0.1) is 12.0 Å². The van der Waals surface area contributed by atoms with Gasteiger partial charge < -0.3 is 15.1 Å². The van der Waals surface area contributed by atoms with Crippen LogP contribution in [0.1, 0.15) is 9.67 Å². The number of amides is 1. The Kier molecular flexibility index (Phi) is 9.13. The van der Waals surface area contributed by atoms with Crippen molar-refractivity contribution in [3.05, 3.63) is 53.6 Å². The third-order valence-corrected chi connectivity index (χ3v) is 5.60. The maximum Gasteiger partial charge on any atom is 0.263 e. The number of carbonyl (C=O) groups excluding carboxylic acids is 1. The minimum absolute atomic E-state index is 0. The third kappa shape index (κ3) is 5.81. The van der Waals surface area contributed by atoms with Gasteiger partial charge in [-0.1, -0.05) is 30.3 Å². The minimum atomic E-state index is -0.0840. The van der Waals surface area contributed by atoms with Crippen LogP contribution < -0.4 is 10.6 Å². The highest BCUT2D eigenvalue weighted by molar-refractivity contribution is 7.17. The van der Waals surface area contributed by atoms with Crippen LogP contribution in [0.3, 0.4) is 0 Å². The molecular formula is C20H24Cl2N4O2S. The Bertz CT molecular complexity index is 881. The van der Waals surface area contributed by atoms with Crippen LogP contribution in [0.15, 0.2) is 53.1 Å². The number of hydrogen-bond acceptors (Lipinski definition) is 6. The molecule has 3 aromatic rings. The number of rotatable bonds is 6. The Morgan fingerprint density at radius 1 is 1.14 bits per heavy atom. The molecule has 0 unspecified atom stereocenters. The van der Waals surface area contributed by atoms with Gasteiger partial charge in [-0.05, 0) is 12.1 Å². The van der Waals surface area contributed by atoms with Crippen LogP contribution in [0.5, 0.6) is 0 Å². The second-order valence-corrected chi connectivity index (χ2v) is 7.39. The summed E-state index contributed by atoms with van der Waals surface area (Å²) in [4.78, 5) is 20.5. The van der Waals surface area contributed by atoms with Gasteiger partial charge in [0.2, 0.25) is 0 Å². The zero-order valence-corrected chi connectivity index (χ0v) is 18.2. The first kappa shape index (κ1) is 23.4. The topological polar surface area (TPSA) is 70.4 Å². The van der Waals surface area contributed by atoms with E-state index in [9.17, 15) is 4.79 Å². The van der Waals surface area contributed by atoms with Crippen LogP contribution in [0.2, 0.25) is 0 Å². The highest BCUT2D eigenvalue weighted by Gasteiger charge is 2.21. The Labute approximate surface area is 186 Å². The molecule has 6 nitrogen and oxygen atoms in total. The summed E-state index contributed by atoms with van der Waals surface area (Å²) < 4.78 is 5.47. The quantitative estimate of drug-likeness (QED) is 0.595. The zero-order valence-electron chi connectivity index (χ0n) is 15.8. The van der Waals surface area contributed by atoms with Gasteiger partial charge in [0.15, 0.2) is 10.8 Å². The van der Waals surface area contributed by atoms with E-state index in [0.717, 1.165) is 38.3 Å². The molecular weight excluding hydrogens is 431 g/mol. The van der Waals surface area contributed by atoms with Gasteiger partial charge in [0.1, 0.15) is 4.88 Å². The maximum atomic E-state index is 12.9. The van der Waals surface area contributed by atoms with E-state index in [-0.39, 0.29) is 30.7 Å². The van der Waals surface area contributed by atoms with Gasteiger partial charge in [-0.15, -0.1) is 36.2 Å². The number of nitrogens with one attached hydrogen (secondary N) is 2. The molecule has 29 heavy (non-hydrogen) atoms. The highest BCUT2D eigenvalue weighted by atomic mass is 35.5. The van der Waals surface area contributed by atoms with E-state index in [2.05, 4.69) is 20.5 Å². The summed E-state index contributed by atoms with van der Waals surface area (Å²) in [6.07, 6.45) is 1.62.